The quantitative estimate of drug-likeness (QED) is 0.680. The molecule has 1 aliphatic rings. The number of amides is 1. The molecule has 2 N–H and O–H groups in total. The first-order chi connectivity index (χ1) is 7.60. The Bertz CT molecular complexity index is 233. The number of hydrogen-bond donors (Lipinski definition) is 2. The van der Waals surface area contributed by atoms with E-state index in [0.29, 0.717) is 25.0 Å². The van der Waals surface area contributed by atoms with Crippen LogP contribution in [0.1, 0.15) is 13.8 Å². The largest absolute Gasteiger partial charge is 0.394 e. The van der Waals surface area contributed by atoms with Crippen molar-refractivity contribution in [3.8, 4) is 0 Å². The number of carbonyl (C=O) groups is 1. The zero-order chi connectivity index (χ0) is 12.1. The molecule has 2 unspecified atom stereocenters. The molecule has 1 saturated heterocycles. The van der Waals surface area contributed by atoms with Crippen molar-refractivity contribution in [2.24, 2.45) is 5.92 Å². The molecule has 0 aromatic carbocycles. The van der Waals surface area contributed by atoms with E-state index in [1.54, 1.807) is 4.90 Å². The highest BCUT2D eigenvalue weighted by Crippen LogP contribution is 2.13. The van der Waals surface area contributed by atoms with Gasteiger partial charge in [0.1, 0.15) is 6.61 Å². The normalized spacial score (nSPS) is 26.2. The van der Waals surface area contributed by atoms with Gasteiger partial charge in [-0.2, -0.15) is 0 Å². The summed E-state index contributed by atoms with van der Waals surface area (Å²) in [5, 5.41) is 12.6. The third-order valence-corrected chi connectivity index (χ3v) is 3.05. The number of piperazine rings is 1. The maximum absolute atomic E-state index is 11.8. The monoisotopic (exact) mass is 230 g/mol. The number of hydrogen-bond acceptors (Lipinski definition) is 4. The van der Waals surface area contributed by atoms with Gasteiger partial charge >= 0.3 is 0 Å². The molecular formula is C11H22N2O3. The fraction of sp³-hybridized carbons (Fsp3) is 0.909. The molecule has 0 aliphatic carbocycles. The van der Waals surface area contributed by atoms with Gasteiger partial charge in [-0.05, 0) is 5.92 Å². The second-order valence-electron chi connectivity index (χ2n) is 4.57. The van der Waals surface area contributed by atoms with Crippen LogP contribution in [0, 0.1) is 5.92 Å². The van der Waals surface area contributed by atoms with E-state index >= 15 is 0 Å². The van der Waals surface area contributed by atoms with E-state index < -0.39 is 0 Å². The third kappa shape index (κ3) is 3.17. The summed E-state index contributed by atoms with van der Waals surface area (Å²) in [5.41, 5.74) is 0. The number of rotatable bonds is 4. The predicted octanol–water partition coefficient (Wildman–Crippen LogP) is -0.550. The molecule has 0 bridgehead atoms. The molecule has 1 aliphatic heterocycles. The molecular weight excluding hydrogens is 208 g/mol. The van der Waals surface area contributed by atoms with Crippen LogP contribution >= 0.6 is 0 Å². The van der Waals surface area contributed by atoms with E-state index in [1.165, 1.54) is 7.11 Å². The Morgan fingerprint density at radius 3 is 2.81 bits per heavy atom. The van der Waals surface area contributed by atoms with Crippen molar-refractivity contribution in [3.63, 3.8) is 0 Å². The molecule has 0 radical (unpaired) electrons. The molecule has 5 heteroatoms. The minimum Gasteiger partial charge on any atom is -0.394 e. The van der Waals surface area contributed by atoms with E-state index in [9.17, 15) is 9.90 Å². The van der Waals surface area contributed by atoms with Gasteiger partial charge in [-0.3, -0.25) is 4.79 Å². The van der Waals surface area contributed by atoms with Crippen LogP contribution in [0.25, 0.3) is 0 Å². The SMILES string of the molecule is COCC(=O)N1CC(C(C)C)NCC1CO. The maximum Gasteiger partial charge on any atom is 0.248 e. The van der Waals surface area contributed by atoms with Gasteiger partial charge in [-0.15, -0.1) is 0 Å². The summed E-state index contributed by atoms with van der Waals surface area (Å²) in [6, 6.07) is 0.168. The summed E-state index contributed by atoms with van der Waals surface area (Å²) in [6.07, 6.45) is 0. The average molecular weight is 230 g/mol. The highest BCUT2D eigenvalue weighted by Gasteiger charge is 2.31. The molecule has 1 rings (SSSR count). The highest BCUT2D eigenvalue weighted by atomic mass is 16.5. The van der Waals surface area contributed by atoms with Gasteiger partial charge in [-0.1, -0.05) is 13.8 Å². The van der Waals surface area contributed by atoms with E-state index in [1.807, 2.05) is 0 Å². The Morgan fingerprint density at radius 1 is 1.62 bits per heavy atom. The summed E-state index contributed by atoms with van der Waals surface area (Å²) in [5.74, 6) is 0.422. The van der Waals surface area contributed by atoms with Crippen LogP contribution in [-0.4, -0.2) is 61.4 Å². The molecule has 1 fully saturated rings. The van der Waals surface area contributed by atoms with E-state index in [2.05, 4.69) is 19.2 Å². The van der Waals surface area contributed by atoms with Gasteiger partial charge in [0.05, 0.1) is 12.6 Å². The topological polar surface area (TPSA) is 61.8 Å². The zero-order valence-electron chi connectivity index (χ0n) is 10.3. The number of nitrogens with one attached hydrogen (secondary N) is 1. The molecule has 2 atom stereocenters. The summed E-state index contributed by atoms with van der Waals surface area (Å²) >= 11 is 0. The van der Waals surface area contributed by atoms with Crippen molar-refractivity contribution in [2.75, 3.05) is 33.4 Å². The maximum atomic E-state index is 11.8. The number of aliphatic hydroxyl groups is 1. The van der Waals surface area contributed by atoms with Crippen molar-refractivity contribution in [3.05, 3.63) is 0 Å². The van der Waals surface area contributed by atoms with Crippen LogP contribution in [0.15, 0.2) is 0 Å². The lowest BCUT2D eigenvalue weighted by atomic mass is 9.99. The molecule has 5 nitrogen and oxygen atoms in total. The van der Waals surface area contributed by atoms with Gasteiger partial charge in [-0.25, -0.2) is 0 Å². The van der Waals surface area contributed by atoms with Crippen LogP contribution in [0.5, 0.6) is 0 Å². The minimum absolute atomic E-state index is 0.00668. The van der Waals surface area contributed by atoms with E-state index in [4.69, 9.17) is 4.74 Å². The van der Waals surface area contributed by atoms with Crippen LogP contribution in [0.3, 0.4) is 0 Å². The first kappa shape index (κ1) is 13.4. The molecule has 94 valence electrons. The highest BCUT2D eigenvalue weighted by molar-refractivity contribution is 5.78. The molecule has 1 amide bonds. The number of nitrogens with zero attached hydrogens (tertiary/aromatic N) is 1. The zero-order valence-corrected chi connectivity index (χ0v) is 10.3. The lowest BCUT2D eigenvalue weighted by Crippen LogP contribution is -2.61. The van der Waals surface area contributed by atoms with Crippen molar-refractivity contribution >= 4 is 5.91 Å². The van der Waals surface area contributed by atoms with E-state index in [-0.39, 0.29) is 25.2 Å². The van der Waals surface area contributed by atoms with Crippen molar-refractivity contribution in [2.45, 2.75) is 25.9 Å². The Morgan fingerprint density at radius 2 is 2.31 bits per heavy atom. The van der Waals surface area contributed by atoms with Crippen LogP contribution < -0.4 is 5.32 Å². The Hall–Kier alpha value is -0.650. The Labute approximate surface area is 96.8 Å². The van der Waals surface area contributed by atoms with E-state index in [0.717, 1.165) is 0 Å². The number of carbonyl (C=O) groups excluding carboxylic acids is 1. The smallest absolute Gasteiger partial charge is 0.248 e. The lowest BCUT2D eigenvalue weighted by Gasteiger charge is -2.41. The third-order valence-electron chi connectivity index (χ3n) is 3.05. The fourth-order valence-electron chi connectivity index (χ4n) is 1.94. The second-order valence-corrected chi connectivity index (χ2v) is 4.57. The number of methoxy groups -OCH3 is 1. The summed E-state index contributed by atoms with van der Waals surface area (Å²) in [4.78, 5) is 13.5. The standard InChI is InChI=1S/C11H22N2O3/c1-8(2)10-5-13(11(15)7-16-3)9(6-14)4-12-10/h8-10,12,14H,4-7H2,1-3H3. The molecule has 0 spiro atoms. The first-order valence-corrected chi connectivity index (χ1v) is 5.72. The van der Waals surface area contributed by atoms with Crippen LogP contribution in [0.4, 0.5) is 0 Å². The average Bonchev–Trinajstić information content (AvgIpc) is 2.28. The van der Waals surface area contributed by atoms with Gasteiger partial charge < -0.3 is 20.1 Å². The molecule has 16 heavy (non-hydrogen) atoms. The second kappa shape index (κ2) is 6.18. The predicted molar refractivity (Wildman–Crippen MR) is 61.1 cm³/mol. The van der Waals surface area contributed by atoms with Crippen molar-refractivity contribution < 1.29 is 14.6 Å². The summed E-state index contributed by atoms with van der Waals surface area (Å²) in [7, 11) is 1.51. The number of aliphatic hydroxyl groups excluding tert-OH is 1. The van der Waals surface area contributed by atoms with Gasteiger partial charge in [0, 0.05) is 26.2 Å². The Balaban J connectivity index is 2.63. The van der Waals surface area contributed by atoms with Gasteiger partial charge in [0.2, 0.25) is 5.91 Å². The van der Waals surface area contributed by atoms with Crippen LogP contribution in [0.2, 0.25) is 0 Å². The van der Waals surface area contributed by atoms with Gasteiger partial charge in [0.25, 0.3) is 0 Å². The fourth-order valence-corrected chi connectivity index (χ4v) is 1.94. The van der Waals surface area contributed by atoms with Crippen molar-refractivity contribution in [1.82, 2.24) is 10.2 Å². The summed E-state index contributed by atoms with van der Waals surface area (Å²) in [6.45, 7) is 5.61. The van der Waals surface area contributed by atoms with Crippen molar-refractivity contribution in [1.29, 1.82) is 0 Å². The molecule has 0 aromatic rings. The number of ether oxygens (including phenoxy) is 1. The lowest BCUT2D eigenvalue weighted by molar-refractivity contribution is -0.140. The first-order valence-electron chi connectivity index (χ1n) is 5.72. The molecule has 0 aromatic heterocycles. The summed E-state index contributed by atoms with van der Waals surface area (Å²) < 4.78 is 4.85. The minimum atomic E-state index is -0.127. The Kier molecular flexibility index (Phi) is 5.18. The molecule has 0 saturated carbocycles. The molecule has 1 heterocycles. The van der Waals surface area contributed by atoms with Gasteiger partial charge in [0.15, 0.2) is 0 Å². The van der Waals surface area contributed by atoms with Crippen LogP contribution in [-0.2, 0) is 9.53 Å².